The molecule has 0 amide bonds. The number of furan rings is 1. The Morgan fingerprint density at radius 2 is 1.95 bits per heavy atom. The Bertz CT molecular complexity index is 772. The molecule has 3 rings (SSSR count). The first-order valence-corrected chi connectivity index (χ1v) is 6.43. The third-order valence-corrected chi connectivity index (χ3v) is 3.15. The van der Waals surface area contributed by atoms with E-state index in [9.17, 15) is 4.79 Å². The normalized spacial score (nSPS) is 12.7. The molecule has 0 unspecified atom stereocenters. The van der Waals surface area contributed by atoms with E-state index in [4.69, 9.17) is 14.3 Å². The molecule has 4 heteroatoms. The molecule has 20 heavy (non-hydrogen) atoms. The summed E-state index contributed by atoms with van der Waals surface area (Å²) >= 11 is 0. The molecule has 0 aliphatic rings. The summed E-state index contributed by atoms with van der Waals surface area (Å²) in [5.41, 5.74) is 1.63. The van der Waals surface area contributed by atoms with E-state index < -0.39 is 5.97 Å². The van der Waals surface area contributed by atoms with Crippen LogP contribution in [0.5, 0.6) is 5.75 Å². The number of ether oxygens (including phenoxy) is 1. The number of carboxylic acids is 1. The lowest BCUT2D eigenvalue weighted by Crippen LogP contribution is -2.16. The summed E-state index contributed by atoms with van der Waals surface area (Å²) in [6.45, 7) is 1.74. The molecule has 1 heterocycles. The maximum absolute atomic E-state index is 10.7. The highest BCUT2D eigenvalue weighted by Crippen LogP contribution is 2.31. The topological polar surface area (TPSA) is 59.7 Å². The number of aliphatic carboxylic acids is 1. The van der Waals surface area contributed by atoms with Gasteiger partial charge in [-0.05, 0) is 31.2 Å². The minimum absolute atomic E-state index is 0.0236. The van der Waals surface area contributed by atoms with Gasteiger partial charge in [0.25, 0.3) is 0 Å². The zero-order valence-corrected chi connectivity index (χ0v) is 11.0. The average Bonchev–Trinajstić information content (AvgIpc) is 2.76. The monoisotopic (exact) mass is 270 g/mol. The Morgan fingerprint density at radius 3 is 2.75 bits per heavy atom. The predicted molar refractivity (Wildman–Crippen MR) is 76.1 cm³/mol. The van der Waals surface area contributed by atoms with Crippen LogP contribution >= 0.6 is 0 Å². The Morgan fingerprint density at radius 1 is 1.20 bits per heavy atom. The number of carboxylic acid groups (broad SMARTS) is 1. The maximum atomic E-state index is 10.7. The SMILES string of the molecule is C[C@H](CC(=O)O)Oc1ccc2oc3ccccc3c2c1. The van der Waals surface area contributed by atoms with Gasteiger partial charge in [-0.25, -0.2) is 0 Å². The number of rotatable bonds is 4. The molecule has 0 aliphatic heterocycles. The molecule has 102 valence electrons. The molecule has 4 nitrogen and oxygen atoms in total. The first-order chi connectivity index (χ1) is 9.63. The maximum Gasteiger partial charge on any atom is 0.307 e. The first kappa shape index (κ1) is 12.5. The van der Waals surface area contributed by atoms with Gasteiger partial charge in [0, 0.05) is 10.8 Å². The number of para-hydroxylation sites is 1. The minimum Gasteiger partial charge on any atom is -0.490 e. The van der Waals surface area contributed by atoms with Crippen molar-refractivity contribution in [3.05, 3.63) is 42.5 Å². The van der Waals surface area contributed by atoms with Crippen LogP contribution < -0.4 is 4.74 Å². The largest absolute Gasteiger partial charge is 0.490 e. The standard InChI is InChI=1S/C16H14O4/c1-10(8-16(17)18)19-11-6-7-15-13(9-11)12-4-2-3-5-14(12)20-15/h2-7,9-10H,8H2,1H3,(H,17,18)/t10-/m1/s1. The van der Waals surface area contributed by atoms with Crippen molar-refractivity contribution in [2.75, 3.05) is 0 Å². The van der Waals surface area contributed by atoms with Crippen molar-refractivity contribution >= 4 is 27.9 Å². The van der Waals surface area contributed by atoms with Crippen LogP contribution in [-0.4, -0.2) is 17.2 Å². The molecule has 1 aromatic heterocycles. The van der Waals surface area contributed by atoms with Crippen LogP contribution in [0.15, 0.2) is 46.9 Å². The van der Waals surface area contributed by atoms with Crippen molar-refractivity contribution in [3.8, 4) is 5.75 Å². The van der Waals surface area contributed by atoms with E-state index in [1.807, 2.05) is 36.4 Å². The number of carbonyl (C=O) groups is 1. The lowest BCUT2D eigenvalue weighted by Gasteiger charge is -2.12. The zero-order chi connectivity index (χ0) is 14.1. The van der Waals surface area contributed by atoms with Crippen molar-refractivity contribution in [2.24, 2.45) is 0 Å². The summed E-state index contributed by atoms with van der Waals surface area (Å²) in [5, 5.41) is 10.7. The number of hydrogen-bond donors (Lipinski definition) is 1. The fraction of sp³-hybridized carbons (Fsp3) is 0.188. The predicted octanol–water partition coefficient (Wildman–Crippen LogP) is 3.83. The van der Waals surface area contributed by atoms with Crippen LogP contribution in [0.1, 0.15) is 13.3 Å². The van der Waals surface area contributed by atoms with Gasteiger partial charge in [-0.2, -0.15) is 0 Å². The molecule has 0 saturated carbocycles. The van der Waals surface area contributed by atoms with Gasteiger partial charge in [0.1, 0.15) is 23.0 Å². The molecule has 0 fully saturated rings. The molecule has 0 radical (unpaired) electrons. The summed E-state index contributed by atoms with van der Waals surface area (Å²) < 4.78 is 11.4. The summed E-state index contributed by atoms with van der Waals surface area (Å²) in [6, 6.07) is 13.3. The second-order valence-electron chi connectivity index (χ2n) is 4.78. The van der Waals surface area contributed by atoms with Gasteiger partial charge in [0.05, 0.1) is 6.42 Å². The molecular weight excluding hydrogens is 256 g/mol. The Hall–Kier alpha value is -2.49. The molecular formula is C16H14O4. The molecule has 0 bridgehead atoms. The Labute approximate surface area is 115 Å². The van der Waals surface area contributed by atoms with Gasteiger partial charge in [-0.1, -0.05) is 18.2 Å². The van der Waals surface area contributed by atoms with Gasteiger partial charge in [-0.3, -0.25) is 4.79 Å². The quantitative estimate of drug-likeness (QED) is 0.782. The molecule has 1 N–H and O–H groups in total. The fourth-order valence-corrected chi connectivity index (χ4v) is 2.30. The van der Waals surface area contributed by atoms with Gasteiger partial charge < -0.3 is 14.3 Å². The van der Waals surface area contributed by atoms with Crippen molar-refractivity contribution in [1.82, 2.24) is 0 Å². The fourth-order valence-electron chi connectivity index (χ4n) is 2.30. The van der Waals surface area contributed by atoms with E-state index in [0.29, 0.717) is 5.75 Å². The van der Waals surface area contributed by atoms with E-state index in [2.05, 4.69) is 0 Å². The summed E-state index contributed by atoms with van der Waals surface area (Å²) in [7, 11) is 0. The second kappa shape index (κ2) is 4.89. The lowest BCUT2D eigenvalue weighted by molar-refractivity contribution is -0.138. The van der Waals surface area contributed by atoms with Crippen molar-refractivity contribution in [3.63, 3.8) is 0 Å². The van der Waals surface area contributed by atoms with Gasteiger partial charge in [0.15, 0.2) is 0 Å². The lowest BCUT2D eigenvalue weighted by atomic mass is 10.1. The van der Waals surface area contributed by atoms with Gasteiger partial charge in [-0.15, -0.1) is 0 Å². The number of benzene rings is 2. The smallest absolute Gasteiger partial charge is 0.307 e. The molecule has 0 saturated heterocycles. The zero-order valence-electron chi connectivity index (χ0n) is 11.0. The van der Waals surface area contributed by atoms with Crippen LogP contribution in [-0.2, 0) is 4.79 Å². The number of hydrogen-bond acceptors (Lipinski definition) is 3. The van der Waals surface area contributed by atoms with Crippen molar-refractivity contribution in [1.29, 1.82) is 0 Å². The van der Waals surface area contributed by atoms with Crippen molar-refractivity contribution in [2.45, 2.75) is 19.4 Å². The highest BCUT2D eigenvalue weighted by Gasteiger charge is 2.11. The second-order valence-corrected chi connectivity index (χ2v) is 4.78. The Kier molecular flexibility index (Phi) is 3.06. The molecule has 3 aromatic rings. The molecule has 0 spiro atoms. The molecule has 1 atom stereocenters. The Balaban J connectivity index is 1.97. The van der Waals surface area contributed by atoms with Crippen LogP contribution in [0.2, 0.25) is 0 Å². The van der Waals surface area contributed by atoms with E-state index >= 15 is 0 Å². The third-order valence-electron chi connectivity index (χ3n) is 3.15. The van der Waals surface area contributed by atoms with Crippen LogP contribution in [0.4, 0.5) is 0 Å². The van der Waals surface area contributed by atoms with Gasteiger partial charge in [0.2, 0.25) is 0 Å². The van der Waals surface area contributed by atoms with E-state index in [1.165, 1.54) is 0 Å². The molecule has 2 aromatic carbocycles. The van der Waals surface area contributed by atoms with Crippen molar-refractivity contribution < 1.29 is 19.1 Å². The minimum atomic E-state index is -0.868. The van der Waals surface area contributed by atoms with Crippen LogP contribution in [0, 0.1) is 0 Å². The average molecular weight is 270 g/mol. The van der Waals surface area contributed by atoms with Gasteiger partial charge >= 0.3 is 5.97 Å². The van der Waals surface area contributed by atoms with E-state index in [-0.39, 0.29) is 12.5 Å². The van der Waals surface area contributed by atoms with E-state index in [0.717, 1.165) is 21.9 Å². The summed E-state index contributed by atoms with van der Waals surface area (Å²) in [5.74, 6) is -0.217. The van der Waals surface area contributed by atoms with E-state index in [1.54, 1.807) is 13.0 Å². The first-order valence-electron chi connectivity index (χ1n) is 6.43. The third kappa shape index (κ3) is 2.32. The highest BCUT2D eigenvalue weighted by molar-refractivity contribution is 6.05. The van der Waals surface area contributed by atoms with Crippen LogP contribution in [0.25, 0.3) is 21.9 Å². The molecule has 0 aliphatic carbocycles. The highest BCUT2D eigenvalue weighted by atomic mass is 16.5. The summed E-state index contributed by atoms with van der Waals surface area (Å²) in [6.07, 6.45) is -0.396. The summed E-state index contributed by atoms with van der Waals surface area (Å²) in [4.78, 5) is 10.7. The van der Waals surface area contributed by atoms with Crippen LogP contribution in [0.3, 0.4) is 0 Å². The number of fused-ring (bicyclic) bond motifs is 3.